The Labute approximate surface area is 97.7 Å². The number of ether oxygens (including phenoxy) is 2. The number of nitrogens with one attached hydrogen (secondary N) is 2. The van der Waals surface area contributed by atoms with Crippen LogP contribution in [0, 0.1) is 0 Å². The Morgan fingerprint density at radius 1 is 1.12 bits per heavy atom. The zero-order valence-electron chi connectivity index (χ0n) is 10.2. The van der Waals surface area contributed by atoms with Gasteiger partial charge in [0.05, 0.1) is 6.26 Å². The Bertz CT molecular complexity index is 250. The van der Waals surface area contributed by atoms with Crippen LogP contribution in [0.5, 0.6) is 0 Å². The molecule has 0 aromatic heterocycles. The average molecular weight is 254 g/mol. The molecule has 0 radical (unpaired) electrons. The smallest absolute Gasteiger partial charge is 0.208 e. The van der Waals surface area contributed by atoms with E-state index in [0.29, 0.717) is 32.8 Å². The molecule has 0 aromatic carbocycles. The molecule has 0 amide bonds. The maximum Gasteiger partial charge on any atom is 0.208 e. The topological polar surface area (TPSA) is 76.7 Å². The Hall–Kier alpha value is -0.210. The zero-order valence-corrected chi connectivity index (χ0v) is 11.0. The minimum absolute atomic E-state index is 0.270. The molecule has 16 heavy (non-hydrogen) atoms. The lowest BCUT2D eigenvalue weighted by molar-refractivity contribution is -0.132. The fraction of sp³-hybridized carbons (Fsp3) is 1.00. The van der Waals surface area contributed by atoms with Crippen LogP contribution >= 0.6 is 0 Å². The largest absolute Gasteiger partial charge is 0.352 e. The summed E-state index contributed by atoms with van der Waals surface area (Å²) in [5.41, 5.74) is 0. The fourth-order valence-corrected chi connectivity index (χ4v) is 1.56. The summed E-state index contributed by atoms with van der Waals surface area (Å²) >= 11 is 0. The van der Waals surface area contributed by atoms with Gasteiger partial charge >= 0.3 is 0 Å². The molecule has 0 heterocycles. The molecule has 0 aliphatic rings. The van der Waals surface area contributed by atoms with Crippen LogP contribution in [-0.2, 0) is 19.5 Å². The molecule has 6 nitrogen and oxygen atoms in total. The summed E-state index contributed by atoms with van der Waals surface area (Å²) in [6, 6.07) is 0. The second-order valence-electron chi connectivity index (χ2n) is 3.21. The number of hydrogen-bond acceptors (Lipinski definition) is 5. The molecule has 0 aliphatic heterocycles. The first kappa shape index (κ1) is 15.8. The van der Waals surface area contributed by atoms with Crippen LogP contribution in [-0.4, -0.2) is 53.8 Å². The minimum Gasteiger partial charge on any atom is -0.352 e. The molecular formula is C9H22N2O4S. The van der Waals surface area contributed by atoms with Crippen LogP contribution in [0.25, 0.3) is 0 Å². The van der Waals surface area contributed by atoms with Gasteiger partial charge in [0.2, 0.25) is 10.0 Å². The van der Waals surface area contributed by atoms with E-state index in [9.17, 15) is 8.42 Å². The van der Waals surface area contributed by atoms with E-state index in [0.717, 1.165) is 6.26 Å². The summed E-state index contributed by atoms with van der Waals surface area (Å²) in [7, 11) is -3.10. The number of hydrogen-bond donors (Lipinski definition) is 2. The van der Waals surface area contributed by atoms with Crippen molar-refractivity contribution in [1.29, 1.82) is 0 Å². The molecule has 0 spiro atoms. The van der Waals surface area contributed by atoms with Gasteiger partial charge in [0.25, 0.3) is 0 Å². The van der Waals surface area contributed by atoms with E-state index < -0.39 is 10.0 Å². The maximum absolute atomic E-state index is 10.7. The highest BCUT2D eigenvalue weighted by Crippen LogP contribution is 1.92. The van der Waals surface area contributed by atoms with Gasteiger partial charge in [0.1, 0.15) is 0 Å². The van der Waals surface area contributed by atoms with Crippen molar-refractivity contribution in [3.63, 3.8) is 0 Å². The summed E-state index contributed by atoms with van der Waals surface area (Å²) in [5, 5.41) is 3.05. The van der Waals surface area contributed by atoms with Crippen LogP contribution < -0.4 is 10.0 Å². The molecule has 0 unspecified atom stereocenters. The molecule has 0 aromatic rings. The van der Waals surface area contributed by atoms with Gasteiger partial charge in [-0.05, 0) is 13.8 Å². The van der Waals surface area contributed by atoms with Crippen molar-refractivity contribution in [2.75, 3.05) is 39.1 Å². The highest BCUT2D eigenvalue weighted by Gasteiger charge is 2.06. The van der Waals surface area contributed by atoms with Gasteiger partial charge in [-0.3, -0.25) is 0 Å². The molecule has 0 saturated heterocycles. The molecule has 2 N–H and O–H groups in total. The molecule has 7 heteroatoms. The molecule has 0 rings (SSSR count). The highest BCUT2D eigenvalue weighted by molar-refractivity contribution is 7.88. The molecule has 0 bridgehead atoms. The van der Waals surface area contributed by atoms with Gasteiger partial charge in [-0.25, -0.2) is 13.1 Å². The van der Waals surface area contributed by atoms with Gasteiger partial charge < -0.3 is 14.8 Å². The van der Waals surface area contributed by atoms with Gasteiger partial charge in [-0.2, -0.15) is 0 Å². The van der Waals surface area contributed by atoms with Crippen LogP contribution in [0.1, 0.15) is 13.8 Å². The molecular weight excluding hydrogens is 232 g/mol. The van der Waals surface area contributed by atoms with E-state index in [1.165, 1.54) is 0 Å². The van der Waals surface area contributed by atoms with Crippen LogP contribution in [0.4, 0.5) is 0 Å². The van der Waals surface area contributed by atoms with Crippen LogP contribution in [0.15, 0.2) is 0 Å². The average Bonchev–Trinajstić information content (AvgIpc) is 2.16. The molecule has 0 saturated carbocycles. The highest BCUT2D eigenvalue weighted by atomic mass is 32.2. The Kier molecular flexibility index (Phi) is 8.77. The molecule has 0 aliphatic carbocycles. The first-order valence-corrected chi connectivity index (χ1v) is 7.27. The predicted octanol–water partition coefficient (Wildman–Crippen LogP) is -0.476. The first-order valence-electron chi connectivity index (χ1n) is 5.38. The van der Waals surface area contributed by atoms with Crippen molar-refractivity contribution in [3.05, 3.63) is 0 Å². The summed E-state index contributed by atoms with van der Waals surface area (Å²) in [6.07, 6.45) is 0.865. The monoisotopic (exact) mass is 254 g/mol. The zero-order chi connectivity index (χ0) is 12.4. The lowest BCUT2D eigenvalue weighted by atomic mass is 10.5. The lowest BCUT2D eigenvalue weighted by Crippen LogP contribution is -2.36. The maximum atomic E-state index is 10.7. The van der Waals surface area contributed by atoms with E-state index in [2.05, 4.69) is 10.0 Å². The second kappa shape index (κ2) is 8.89. The Morgan fingerprint density at radius 2 is 1.69 bits per heavy atom. The molecule has 98 valence electrons. The summed E-state index contributed by atoms with van der Waals surface area (Å²) < 4.78 is 34.5. The molecule has 0 atom stereocenters. The van der Waals surface area contributed by atoms with Gasteiger partial charge in [-0.15, -0.1) is 0 Å². The van der Waals surface area contributed by atoms with Crippen LogP contribution in [0.2, 0.25) is 0 Å². The van der Waals surface area contributed by atoms with Crippen molar-refractivity contribution in [2.24, 2.45) is 0 Å². The summed E-state index contributed by atoms with van der Waals surface area (Å²) in [5.74, 6) is 0. The van der Waals surface area contributed by atoms with Crippen molar-refractivity contribution >= 4 is 10.0 Å². The normalized spacial score (nSPS) is 12.2. The molecule has 0 fully saturated rings. The van der Waals surface area contributed by atoms with Crippen molar-refractivity contribution in [2.45, 2.75) is 20.1 Å². The number of rotatable bonds is 10. The summed E-state index contributed by atoms with van der Waals surface area (Å²) in [4.78, 5) is 0. The lowest BCUT2D eigenvalue weighted by Gasteiger charge is -2.17. The third-order valence-corrected chi connectivity index (χ3v) is 2.41. The fourth-order valence-electron chi connectivity index (χ4n) is 1.08. The van der Waals surface area contributed by atoms with Crippen molar-refractivity contribution in [3.8, 4) is 0 Å². The Morgan fingerprint density at radius 3 is 2.12 bits per heavy atom. The standard InChI is InChI=1S/C9H22N2O4S/c1-4-14-9(15-5-2)8-10-6-7-11-16(3,12)13/h9-11H,4-8H2,1-3H3. The van der Waals surface area contributed by atoms with Gasteiger partial charge in [0.15, 0.2) is 6.29 Å². The number of sulfonamides is 1. The second-order valence-corrected chi connectivity index (χ2v) is 5.04. The minimum atomic E-state index is -3.10. The predicted molar refractivity (Wildman–Crippen MR) is 62.8 cm³/mol. The van der Waals surface area contributed by atoms with E-state index in [-0.39, 0.29) is 6.29 Å². The van der Waals surface area contributed by atoms with Gasteiger partial charge in [-0.1, -0.05) is 0 Å². The van der Waals surface area contributed by atoms with Crippen molar-refractivity contribution in [1.82, 2.24) is 10.0 Å². The van der Waals surface area contributed by atoms with E-state index in [4.69, 9.17) is 9.47 Å². The van der Waals surface area contributed by atoms with E-state index in [1.807, 2.05) is 13.8 Å². The quantitative estimate of drug-likeness (QED) is 0.407. The summed E-state index contributed by atoms with van der Waals surface area (Å²) in [6.45, 7) is 6.44. The van der Waals surface area contributed by atoms with Crippen molar-refractivity contribution < 1.29 is 17.9 Å². The van der Waals surface area contributed by atoms with E-state index in [1.54, 1.807) is 0 Å². The first-order chi connectivity index (χ1) is 7.49. The van der Waals surface area contributed by atoms with Crippen LogP contribution in [0.3, 0.4) is 0 Å². The SMILES string of the molecule is CCOC(CNCCNS(C)(=O)=O)OCC. The van der Waals surface area contributed by atoms with E-state index >= 15 is 0 Å². The van der Waals surface area contributed by atoms with Gasteiger partial charge in [0, 0.05) is 32.8 Å². The Balaban J connectivity index is 3.54. The third kappa shape index (κ3) is 10.3. The third-order valence-electron chi connectivity index (χ3n) is 1.68.